The van der Waals surface area contributed by atoms with E-state index < -0.39 is 0 Å². The van der Waals surface area contributed by atoms with Gasteiger partial charge in [0.05, 0.1) is 6.20 Å². The normalized spacial score (nSPS) is 11.0. The maximum absolute atomic E-state index is 4.50. The Morgan fingerprint density at radius 1 is 1.29 bits per heavy atom. The minimum Gasteiger partial charge on any atom is -0.349 e. The largest absolute Gasteiger partial charge is 0.349 e. The van der Waals surface area contributed by atoms with Gasteiger partial charge in [-0.1, -0.05) is 0 Å². The van der Waals surface area contributed by atoms with Crippen LogP contribution in [0.4, 0.5) is 5.13 Å². The molecule has 0 saturated heterocycles. The molecule has 0 aliphatic carbocycles. The number of hydrogen-bond acceptors (Lipinski definition) is 5. The van der Waals surface area contributed by atoms with Crippen molar-refractivity contribution < 1.29 is 0 Å². The van der Waals surface area contributed by atoms with Crippen LogP contribution < -0.4 is 10.2 Å². The molecular weight excluding hydrogens is 282 g/mol. The summed E-state index contributed by atoms with van der Waals surface area (Å²) in [5.74, 6) is 0. The third-order valence-electron chi connectivity index (χ3n) is 3.61. The number of nitrogens with zero attached hydrogens (tertiary/aromatic N) is 3. The van der Waals surface area contributed by atoms with Gasteiger partial charge in [-0.25, -0.2) is 4.98 Å². The third kappa shape index (κ3) is 4.54. The molecule has 2 heterocycles. The SMILES string of the molecule is CCN(CC)c1ncc(CNCCCc2cn[nH]c2C)s1. The zero-order chi connectivity index (χ0) is 15.1. The van der Waals surface area contributed by atoms with Crippen LogP contribution >= 0.6 is 11.3 Å². The van der Waals surface area contributed by atoms with Crippen LogP contribution in [0, 0.1) is 6.92 Å². The molecule has 6 heteroatoms. The zero-order valence-electron chi connectivity index (χ0n) is 13.1. The molecule has 0 aliphatic rings. The molecule has 0 unspecified atom stereocenters. The lowest BCUT2D eigenvalue weighted by Crippen LogP contribution is -2.21. The summed E-state index contributed by atoms with van der Waals surface area (Å²) in [7, 11) is 0. The molecular formula is C15H25N5S. The minimum absolute atomic E-state index is 0.906. The number of hydrogen-bond donors (Lipinski definition) is 2. The van der Waals surface area contributed by atoms with Crippen molar-refractivity contribution in [2.75, 3.05) is 24.5 Å². The summed E-state index contributed by atoms with van der Waals surface area (Å²) in [5.41, 5.74) is 2.50. The number of thiazole rings is 1. The molecule has 0 spiro atoms. The van der Waals surface area contributed by atoms with Crippen LogP contribution in [-0.2, 0) is 13.0 Å². The van der Waals surface area contributed by atoms with Gasteiger partial charge in [0.25, 0.3) is 0 Å². The van der Waals surface area contributed by atoms with Crippen LogP contribution in [0.25, 0.3) is 0 Å². The molecule has 21 heavy (non-hydrogen) atoms. The molecule has 0 saturated carbocycles. The molecule has 0 radical (unpaired) electrons. The van der Waals surface area contributed by atoms with E-state index in [1.54, 1.807) is 11.3 Å². The van der Waals surface area contributed by atoms with E-state index in [4.69, 9.17) is 0 Å². The molecule has 2 rings (SSSR count). The Balaban J connectivity index is 1.68. The Kier molecular flexibility index (Phi) is 6.20. The zero-order valence-corrected chi connectivity index (χ0v) is 14.0. The van der Waals surface area contributed by atoms with Gasteiger partial charge in [-0.2, -0.15) is 5.10 Å². The summed E-state index contributed by atoms with van der Waals surface area (Å²) in [6.07, 6.45) is 6.12. The molecule has 0 aliphatic heterocycles. The highest BCUT2D eigenvalue weighted by Crippen LogP contribution is 2.21. The summed E-state index contributed by atoms with van der Waals surface area (Å²) in [4.78, 5) is 8.09. The van der Waals surface area contributed by atoms with E-state index in [2.05, 4.69) is 46.2 Å². The molecule has 116 valence electrons. The van der Waals surface area contributed by atoms with Crippen molar-refractivity contribution in [2.45, 2.75) is 40.2 Å². The molecule has 0 atom stereocenters. The third-order valence-corrected chi connectivity index (χ3v) is 4.67. The molecule has 2 aromatic heterocycles. The number of aryl methyl sites for hydroxylation is 2. The highest BCUT2D eigenvalue weighted by molar-refractivity contribution is 7.15. The van der Waals surface area contributed by atoms with Crippen molar-refractivity contribution in [3.05, 3.63) is 28.5 Å². The summed E-state index contributed by atoms with van der Waals surface area (Å²) in [5, 5.41) is 11.6. The van der Waals surface area contributed by atoms with Crippen molar-refractivity contribution >= 4 is 16.5 Å². The Bertz CT molecular complexity index is 530. The van der Waals surface area contributed by atoms with Crippen LogP contribution in [-0.4, -0.2) is 34.8 Å². The molecule has 5 nitrogen and oxygen atoms in total. The molecule has 2 aromatic rings. The number of aromatic amines is 1. The van der Waals surface area contributed by atoms with Crippen molar-refractivity contribution in [1.29, 1.82) is 0 Å². The van der Waals surface area contributed by atoms with Crippen molar-refractivity contribution in [3.63, 3.8) is 0 Å². The van der Waals surface area contributed by atoms with Gasteiger partial charge in [-0.05, 0) is 45.7 Å². The van der Waals surface area contributed by atoms with Crippen LogP contribution in [0.1, 0.15) is 36.4 Å². The van der Waals surface area contributed by atoms with Crippen LogP contribution in [0.2, 0.25) is 0 Å². The maximum atomic E-state index is 4.50. The van der Waals surface area contributed by atoms with Gasteiger partial charge in [0.1, 0.15) is 0 Å². The van der Waals surface area contributed by atoms with E-state index in [0.717, 1.165) is 44.2 Å². The second kappa shape index (κ2) is 8.14. The van der Waals surface area contributed by atoms with Crippen LogP contribution in [0.3, 0.4) is 0 Å². The second-order valence-corrected chi connectivity index (χ2v) is 6.18. The number of anilines is 1. The van der Waals surface area contributed by atoms with Gasteiger partial charge in [0.2, 0.25) is 0 Å². The Labute approximate surface area is 130 Å². The Morgan fingerprint density at radius 2 is 2.10 bits per heavy atom. The monoisotopic (exact) mass is 307 g/mol. The first-order chi connectivity index (χ1) is 10.2. The fourth-order valence-corrected chi connectivity index (χ4v) is 3.27. The molecule has 0 amide bonds. The molecule has 0 fully saturated rings. The quantitative estimate of drug-likeness (QED) is 0.699. The number of aromatic nitrogens is 3. The van der Waals surface area contributed by atoms with E-state index in [-0.39, 0.29) is 0 Å². The highest BCUT2D eigenvalue weighted by Gasteiger charge is 2.07. The Morgan fingerprint density at radius 3 is 2.76 bits per heavy atom. The van der Waals surface area contributed by atoms with E-state index in [0.29, 0.717) is 0 Å². The van der Waals surface area contributed by atoms with Crippen molar-refractivity contribution in [2.24, 2.45) is 0 Å². The van der Waals surface area contributed by atoms with E-state index in [1.165, 1.54) is 16.1 Å². The number of nitrogens with one attached hydrogen (secondary N) is 2. The van der Waals surface area contributed by atoms with Crippen LogP contribution in [0.5, 0.6) is 0 Å². The summed E-state index contributed by atoms with van der Waals surface area (Å²) in [6, 6.07) is 0. The van der Waals surface area contributed by atoms with Gasteiger partial charge >= 0.3 is 0 Å². The average molecular weight is 307 g/mol. The van der Waals surface area contributed by atoms with Gasteiger partial charge in [0.15, 0.2) is 5.13 Å². The van der Waals surface area contributed by atoms with Crippen molar-refractivity contribution in [3.8, 4) is 0 Å². The first-order valence-electron chi connectivity index (χ1n) is 7.63. The second-order valence-electron chi connectivity index (χ2n) is 5.08. The highest BCUT2D eigenvalue weighted by atomic mass is 32.1. The predicted octanol–water partition coefficient (Wildman–Crippen LogP) is 2.74. The topological polar surface area (TPSA) is 56.8 Å². The molecule has 2 N–H and O–H groups in total. The summed E-state index contributed by atoms with van der Waals surface area (Å²) in [6.45, 7) is 10.4. The lowest BCUT2D eigenvalue weighted by molar-refractivity contribution is 0.653. The minimum atomic E-state index is 0.906. The van der Waals surface area contributed by atoms with Crippen molar-refractivity contribution in [1.82, 2.24) is 20.5 Å². The van der Waals surface area contributed by atoms with E-state index in [9.17, 15) is 0 Å². The van der Waals surface area contributed by atoms with Crippen LogP contribution in [0.15, 0.2) is 12.4 Å². The van der Waals surface area contributed by atoms with Gasteiger partial charge in [-0.15, -0.1) is 11.3 Å². The number of H-pyrrole nitrogens is 1. The lowest BCUT2D eigenvalue weighted by atomic mass is 10.1. The van der Waals surface area contributed by atoms with E-state index in [1.807, 2.05) is 12.4 Å². The van der Waals surface area contributed by atoms with Gasteiger partial charge < -0.3 is 10.2 Å². The number of rotatable bonds is 9. The lowest BCUT2D eigenvalue weighted by Gasteiger charge is -2.16. The fourth-order valence-electron chi connectivity index (χ4n) is 2.26. The smallest absolute Gasteiger partial charge is 0.185 e. The Hall–Kier alpha value is -1.40. The summed E-state index contributed by atoms with van der Waals surface area (Å²) >= 11 is 1.79. The average Bonchev–Trinajstić information content (AvgIpc) is 3.10. The van der Waals surface area contributed by atoms with Gasteiger partial charge in [-0.3, -0.25) is 5.10 Å². The predicted molar refractivity (Wildman–Crippen MR) is 89.0 cm³/mol. The maximum Gasteiger partial charge on any atom is 0.185 e. The first kappa shape index (κ1) is 16.0. The standard InChI is InChI=1S/C15H25N5S/c1-4-20(5-2)15-17-11-14(21-15)10-16-8-6-7-13-9-18-19-12(13)3/h9,11,16H,4-8,10H2,1-3H3,(H,18,19). The van der Waals surface area contributed by atoms with Gasteiger partial charge in [0, 0.05) is 36.4 Å². The summed E-state index contributed by atoms with van der Waals surface area (Å²) < 4.78 is 0. The molecule has 0 aromatic carbocycles. The fraction of sp³-hybridized carbons (Fsp3) is 0.600. The first-order valence-corrected chi connectivity index (χ1v) is 8.45. The van der Waals surface area contributed by atoms with E-state index >= 15 is 0 Å². The molecule has 0 bridgehead atoms.